The molecular weight excluding hydrogens is 206 g/mol. The summed E-state index contributed by atoms with van der Waals surface area (Å²) < 4.78 is 7.12. The van der Waals surface area contributed by atoms with Gasteiger partial charge in [0.1, 0.15) is 6.04 Å². The third-order valence-electron chi connectivity index (χ3n) is 1.83. The van der Waals surface area contributed by atoms with Crippen molar-refractivity contribution in [3.63, 3.8) is 0 Å². The van der Waals surface area contributed by atoms with Crippen molar-refractivity contribution in [2.75, 3.05) is 25.3 Å². The van der Waals surface area contributed by atoms with Gasteiger partial charge < -0.3 is 4.18 Å². The van der Waals surface area contributed by atoms with Crippen molar-refractivity contribution in [2.45, 2.75) is 18.9 Å². The SMILES string of the molecule is CS(C)(C)OC(=O)C1CCCN1S. The molecule has 5 heteroatoms. The van der Waals surface area contributed by atoms with Crippen molar-refractivity contribution < 1.29 is 8.98 Å². The second kappa shape index (κ2) is 4.11. The number of carbonyl (C=O) groups excluding carboxylic acids is 1. The van der Waals surface area contributed by atoms with Gasteiger partial charge in [0.2, 0.25) is 0 Å². The second-order valence-electron chi connectivity index (χ2n) is 3.95. The van der Waals surface area contributed by atoms with Gasteiger partial charge in [0.15, 0.2) is 0 Å². The van der Waals surface area contributed by atoms with Crippen LogP contribution in [0, 0.1) is 0 Å². The molecule has 13 heavy (non-hydrogen) atoms. The topological polar surface area (TPSA) is 29.5 Å². The van der Waals surface area contributed by atoms with Crippen LogP contribution in [0.5, 0.6) is 0 Å². The molecule has 0 aliphatic carbocycles. The number of rotatable bonds is 2. The van der Waals surface area contributed by atoms with E-state index in [2.05, 4.69) is 12.8 Å². The number of nitrogens with zero attached hydrogens (tertiary/aromatic N) is 1. The highest BCUT2D eigenvalue weighted by Crippen LogP contribution is 2.37. The van der Waals surface area contributed by atoms with Crippen molar-refractivity contribution in [3.05, 3.63) is 0 Å². The Hall–Kier alpha value is 0.130. The zero-order chi connectivity index (χ0) is 10.1. The first-order chi connectivity index (χ1) is 5.90. The van der Waals surface area contributed by atoms with E-state index < -0.39 is 10.3 Å². The van der Waals surface area contributed by atoms with Gasteiger partial charge in [-0.3, -0.25) is 0 Å². The van der Waals surface area contributed by atoms with E-state index in [1.165, 1.54) is 0 Å². The van der Waals surface area contributed by atoms with E-state index in [-0.39, 0.29) is 12.0 Å². The lowest BCUT2D eigenvalue weighted by molar-refractivity contribution is -0.136. The van der Waals surface area contributed by atoms with Crippen LogP contribution in [0.4, 0.5) is 0 Å². The van der Waals surface area contributed by atoms with E-state index in [4.69, 9.17) is 4.18 Å². The van der Waals surface area contributed by atoms with Crippen LogP contribution in [0.3, 0.4) is 0 Å². The zero-order valence-corrected chi connectivity index (χ0v) is 10.0. The first-order valence-electron chi connectivity index (χ1n) is 4.27. The Balaban J connectivity index is 2.48. The average Bonchev–Trinajstić information content (AvgIpc) is 2.30. The van der Waals surface area contributed by atoms with Gasteiger partial charge in [-0.1, -0.05) is 23.1 Å². The maximum atomic E-state index is 11.6. The van der Waals surface area contributed by atoms with Crippen LogP contribution in [-0.4, -0.2) is 41.6 Å². The van der Waals surface area contributed by atoms with Crippen molar-refractivity contribution in [1.29, 1.82) is 0 Å². The largest absolute Gasteiger partial charge is 0.415 e. The predicted octanol–water partition coefficient (Wildman–Crippen LogP) is 1.45. The molecule has 0 radical (unpaired) electrons. The Morgan fingerprint density at radius 3 is 2.54 bits per heavy atom. The van der Waals surface area contributed by atoms with Crippen LogP contribution in [-0.2, 0) is 8.98 Å². The van der Waals surface area contributed by atoms with Gasteiger partial charge in [-0.05, 0) is 31.6 Å². The second-order valence-corrected chi connectivity index (χ2v) is 8.08. The van der Waals surface area contributed by atoms with Gasteiger partial charge in [-0.15, -0.1) is 0 Å². The highest BCUT2D eigenvalue weighted by molar-refractivity contribution is 8.28. The molecule has 3 nitrogen and oxygen atoms in total. The van der Waals surface area contributed by atoms with Gasteiger partial charge >= 0.3 is 5.97 Å². The molecule has 0 saturated carbocycles. The molecule has 1 saturated heterocycles. The molecule has 1 rings (SSSR count). The van der Waals surface area contributed by atoms with Crippen LogP contribution in [0.25, 0.3) is 0 Å². The summed E-state index contributed by atoms with van der Waals surface area (Å²) in [6.45, 7) is 0.877. The lowest BCUT2D eigenvalue weighted by Gasteiger charge is -2.28. The summed E-state index contributed by atoms with van der Waals surface area (Å²) in [5.41, 5.74) is 0. The summed E-state index contributed by atoms with van der Waals surface area (Å²) in [5, 5.41) is 0. The van der Waals surface area contributed by atoms with Gasteiger partial charge in [-0.25, -0.2) is 9.10 Å². The van der Waals surface area contributed by atoms with Crippen LogP contribution < -0.4 is 0 Å². The smallest absolute Gasteiger partial charge is 0.334 e. The Morgan fingerprint density at radius 1 is 1.54 bits per heavy atom. The quantitative estimate of drug-likeness (QED) is 0.719. The van der Waals surface area contributed by atoms with E-state index in [9.17, 15) is 4.79 Å². The van der Waals surface area contributed by atoms with Gasteiger partial charge in [0.25, 0.3) is 0 Å². The molecule has 0 aromatic carbocycles. The summed E-state index contributed by atoms with van der Waals surface area (Å²) in [6, 6.07) is -0.130. The summed E-state index contributed by atoms with van der Waals surface area (Å²) in [5.74, 6) is -0.116. The molecule has 0 aromatic rings. The van der Waals surface area contributed by atoms with E-state index in [0.29, 0.717) is 0 Å². The summed E-state index contributed by atoms with van der Waals surface area (Å²) in [7, 11) is -1.19. The Kier molecular flexibility index (Phi) is 3.54. The van der Waals surface area contributed by atoms with Crippen molar-refractivity contribution >= 4 is 29.1 Å². The molecule has 0 amide bonds. The van der Waals surface area contributed by atoms with Gasteiger partial charge in [0.05, 0.1) is 0 Å². The van der Waals surface area contributed by atoms with Gasteiger partial charge in [0, 0.05) is 6.54 Å². The third-order valence-corrected chi connectivity index (χ3v) is 2.97. The molecule has 1 heterocycles. The minimum Gasteiger partial charge on any atom is -0.415 e. The fraction of sp³-hybridized carbons (Fsp3) is 0.875. The maximum absolute atomic E-state index is 11.6. The van der Waals surface area contributed by atoms with Crippen LogP contribution >= 0.6 is 23.1 Å². The Morgan fingerprint density at radius 2 is 2.15 bits per heavy atom. The van der Waals surface area contributed by atoms with E-state index in [0.717, 1.165) is 19.4 Å². The zero-order valence-electron chi connectivity index (χ0n) is 8.32. The first kappa shape index (κ1) is 11.2. The normalized spacial score (nSPS) is 26.0. The molecule has 0 N–H and O–H groups in total. The Bertz CT molecular complexity index is 203. The first-order valence-corrected chi connectivity index (χ1v) is 7.45. The fourth-order valence-corrected chi connectivity index (χ4v) is 2.25. The lowest BCUT2D eigenvalue weighted by Crippen LogP contribution is -2.31. The lowest BCUT2D eigenvalue weighted by atomic mass is 10.2. The van der Waals surface area contributed by atoms with E-state index in [1.54, 1.807) is 4.31 Å². The molecule has 1 fully saturated rings. The average molecular weight is 223 g/mol. The van der Waals surface area contributed by atoms with Crippen LogP contribution in [0.2, 0.25) is 0 Å². The molecular formula is C8H17NO2S2. The third kappa shape index (κ3) is 3.40. The van der Waals surface area contributed by atoms with Crippen LogP contribution in [0.15, 0.2) is 0 Å². The van der Waals surface area contributed by atoms with Crippen LogP contribution in [0.1, 0.15) is 12.8 Å². The summed E-state index contributed by atoms with van der Waals surface area (Å²) >= 11 is 4.22. The summed E-state index contributed by atoms with van der Waals surface area (Å²) in [4.78, 5) is 11.6. The molecule has 1 aliphatic rings. The molecule has 1 unspecified atom stereocenters. The van der Waals surface area contributed by atoms with Gasteiger partial charge in [-0.2, -0.15) is 0 Å². The maximum Gasteiger partial charge on any atom is 0.334 e. The highest BCUT2D eigenvalue weighted by Gasteiger charge is 2.31. The monoisotopic (exact) mass is 223 g/mol. The summed E-state index contributed by atoms with van der Waals surface area (Å²) in [6.07, 6.45) is 7.79. The molecule has 1 atom stereocenters. The number of thiol groups is 1. The number of hydrogen-bond acceptors (Lipinski definition) is 4. The fourth-order valence-electron chi connectivity index (χ4n) is 1.29. The van der Waals surface area contributed by atoms with E-state index in [1.807, 2.05) is 18.8 Å². The molecule has 78 valence electrons. The molecule has 0 bridgehead atoms. The standard InChI is InChI=1S/C8H17NO2S2/c1-13(2,3)11-8(10)7-5-4-6-9(7)12/h7,12H,4-6H2,1-3H3. The van der Waals surface area contributed by atoms with E-state index >= 15 is 0 Å². The minimum absolute atomic E-state index is 0.116. The van der Waals surface area contributed by atoms with Crippen molar-refractivity contribution in [3.8, 4) is 0 Å². The number of carbonyl (C=O) groups is 1. The highest BCUT2D eigenvalue weighted by atomic mass is 32.3. The van der Waals surface area contributed by atoms with Crippen molar-refractivity contribution in [1.82, 2.24) is 4.31 Å². The Labute approximate surface area is 86.9 Å². The predicted molar refractivity (Wildman–Crippen MR) is 60.2 cm³/mol. The molecule has 0 spiro atoms. The van der Waals surface area contributed by atoms with Crippen molar-refractivity contribution in [2.24, 2.45) is 0 Å². The number of hydrogen-bond donors (Lipinski definition) is 1. The molecule has 1 aliphatic heterocycles. The minimum atomic E-state index is -1.19. The molecule has 0 aromatic heterocycles.